The molecule has 0 aliphatic carbocycles. The summed E-state index contributed by atoms with van der Waals surface area (Å²) in [6.07, 6.45) is 0. The van der Waals surface area contributed by atoms with Crippen LogP contribution in [0.1, 0.15) is 19.4 Å². The fraction of sp³-hybridized carbons (Fsp3) is 0.318. The molecular formula is C22H24F2N4O4. The van der Waals surface area contributed by atoms with E-state index >= 15 is 0 Å². The number of benzene rings is 2. The maximum Gasteiger partial charge on any atom is 0.387 e. The molecule has 1 atom stereocenters. The fourth-order valence-corrected chi connectivity index (χ4v) is 3.14. The van der Waals surface area contributed by atoms with E-state index in [1.807, 2.05) is 6.07 Å². The number of aliphatic imine (C=N–C) groups is 1. The first-order valence-corrected chi connectivity index (χ1v) is 9.99. The van der Waals surface area contributed by atoms with Gasteiger partial charge in [-0.1, -0.05) is 24.3 Å². The van der Waals surface area contributed by atoms with E-state index in [-0.39, 0.29) is 36.4 Å². The molecule has 8 nitrogen and oxygen atoms in total. The van der Waals surface area contributed by atoms with E-state index < -0.39 is 18.6 Å². The molecule has 0 radical (unpaired) electrons. The van der Waals surface area contributed by atoms with E-state index in [1.54, 1.807) is 57.3 Å². The van der Waals surface area contributed by atoms with Crippen molar-refractivity contribution in [2.75, 3.05) is 18.7 Å². The molecule has 2 aromatic carbocycles. The number of carbonyl (C=O) groups excluding carboxylic acids is 2. The van der Waals surface area contributed by atoms with E-state index in [0.29, 0.717) is 11.3 Å². The Balaban J connectivity index is 1.75. The predicted octanol–water partition coefficient (Wildman–Crippen LogP) is 2.98. The van der Waals surface area contributed by atoms with E-state index in [1.165, 1.54) is 16.0 Å². The van der Waals surface area contributed by atoms with Crippen molar-refractivity contribution in [2.24, 2.45) is 4.99 Å². The monoisotopic (exact) mass is 446 g/mol. The second-order valence-corrected chi connectivity index (χ2v) is 7.03. The van der Waals surface area contributed by atoms with Gasteiger partial charge in [0.15, 0.2) is 11.5 Å². The lowest BCUT2D eigenvalue weighted by Gasteiger charge is -2.31. The summed E-state index contributed by atoms with van der Waals surface area (Å²) in [4.78, 5) is 31.1. The normalized spacial score (nSPS) is 15.8. The van der Waals surface area contributed by atoms with Gasteiger partial charge in [-0.15, -0.1) is 0 Å². The molecule has 1 heterocycles. The molecule has 1 unspecified atom stereocenters. The van der Waals surface area contributed by atoms with Gasteiger partial charge in [-0.2, -0.15) is 8.78 Å². The molecule has 0 bridgehead atoms. The van der Waals surface area contributed by atoms with Crippen molar-refractivity contribution in [1.82, 2.24) is 10.3 Å². The van der Waals surface area contributed by atoms with E-state index in [0.717, 1.165) is 0 Å². The molecular weight excluding hydrogens is 422 g/mol. The van der Waals surface area contributed by atoms with Crippen molar-refractivity contribution < 1.29 is 27.8 Å². The third-order valence-electron chi connectivity index (χ3n) is 4.63. The Morgan fingerprint density at radius 3 is 2.59 bits per heavy atom. The summed E-state index contributed by atoms with van der Waals surface area (Å²) < 4.78 is 35.1. The van der Waals surface area contributed by atoms with E-state index in [4.69, 9.17) is 4.74 Å². The molecule has 32 heavy (non-hydrogen) atoms. The van der Waals surface area contributed by atoms with Gasteiger partial charge in [0.1, 0.15) is 6.04 Å². The second-order valence-electron chi connectivity index (χ2n) is 7.03. The summed E-state index contributed by atoms with van der Waals surface area (Å²) in [5, 5.41) is 1.29. The van der Waals surface area contributed by atoms with Crippen LogP contribution in [0.2, 0.25) is 0 Å². The van der Waals surface area contributed by atoms with E-state index in [9.17, 15) is 18.4 Å². The number of alkyl halides is 2. The molecule has 0 fully saturated rings. The minimum Gasteiger partial charge on any atom is -0.490 e. The van der Waals surface area contributed by atoms with Crippen molar-refractivity contribution in [2.45, 2.75) is 33.0 Å². The third-order valence-corrected chi connectivity index (χ3v) is 4.63. The van der Waals surface area contributed by atoms with Crippen molar-refractivity contribution >= 4 is 23.3 Å². The Kier molecular flexibility index (Phi) is 7.24. The molecule has 0 aromatic heterocycles. The standard InChI is InChI=1S/C22H24F2N4O4/c1-4-31-18-12-15(10-11-17(18)32-22(23)24)13-27(3)21(30)19-25-14(2)20(29)28(26-19)16-8-6-5-7-9-16/h5-12,14,22H,4,13H2,1-3H3,(H,25,26). The van der Waals surface area contributed by atoms with Crippen molar-refractivity contribution in [1.29, 1.82) is 0 Å². The number of anilines is 1. The van der Waals surface area contributed by atoms with Gasteiger partial charge in [-0.3, -0.25) is 15.0 Å². The molecule has 3 rings (SSSR count). The number of nitrogens with one attached hydrogen (secondary N) is 1. The first-order chi connectivity index (χ1) is 15.3. The van der Waals surface area contributed by atoms with Crippen LogP contribution in [-0.2, 0) is 16.1 Å². The van der Waals surface area contributed by atoms with Crippen LogP contribution in [-0.4, -0.2) is 48.9 Å². The highest BCUT2D eigenvalue weighted by Crippen LogP contribution is 2.30. The predicted molar refractivity (Wildman–Crippen MR) is 115 cm³/mol. The average Bonchev–Trinajstić information content (AvgIpc) is 2.77. The molecule has 2 aromatic rings. The number of hydrogen-bond donors (Lipinski definition) is 1. The zero-order valence-electron chi connectivity index (χ0n) is 17.9. The van der Waals surface area contributed by atoms with Crippen LogP contribution >= 0.6 is 0 Å². The molecule has 0 saturated carbocycles. The van der Waals surface area contributed by atoms with Crippen LogP contribution in [0.25, 0.3) is 0 Å². The maximum atomic E-state index is 13.0. The molecule has 0 spiro atoms. The number of amidine groups is 1. The summed E-state index contributed by atoms with van der Waals surface area (Å²) in [6, 6.07) is 12.6. The summed E-state index contributed by atoms with van der Waals surface area (Å²) in [7, 11) is 1.57. The Morgan fingerprint density at radius 1 is 1.22 bits per heavy atom. The number of rotatable bonds is 8. The number of halogens is 2. The van der Waals surface area contributed by atoms with Crippen LogP contribution in [0.4, 0.5) is 14.5 Å². The third kappa shape index (κ3) is 5.32. The summed E-state index contributed by atoms with van der Waals surface area (Å²) in [6.45, 7) is 0.782. The van der Waals surface area contributed by atoms with Gasteiger partial charge in [-0.05, 0) is 43.7 Å². The van der Waals surface area contributed by atoms with Gasteiger partial charge in [0, 0.05) is 13.6 Å². The quantitative estimate of drug-likeness (QED) is 0.674. The van der Waals surface area contributed by atoms with Gasteiger partial charge >= 0.3 is 6.61 Å². The van der Waals surface area contributed by atoms with Crippen LogP contribution in [0.5, 0.6) is 11.5 Å². The molecule has 1 aliphatic rings. The second kappa shape index (κ2) is 10.1. The molecule has 10 heteroatoms. The first kappa shape index (κ1) is 23.0. The Hall–Kier alpha value is -3.69. The van der Waals surface area contributed by atoms with Gasteiger partial charge in [0.2, 0.25) is 5.84 Å². The van der Waals surface area contributed by atoms with Crippen LogP contribution in [0.3, 0.4) is 0 Å². The minimum atomic E-state index is -2.98. The van der Waals surface area contributed by atoms with Crippen molar-refractivity contribution in [3.63, 3.8) is 0 Å². The smallest absolute Gasteiger partial charge is 0.387 e. The lowest BCUT2D eigenvalue weighted by molar-refractivity contribution is -0.124. The van der Waals surface area contributed by atoms with Crippen molar-refractivity contribution in [3.05, 3.63) is 54.1 Å². The van der Waals surface area contributed by atoms with Crippen LogP contribution in [0.15, 0.2) is 53.5 Å². The van der Waals surface area contributed by atoms with Gasteiger partial charge in [0.05, 0.1) is 12.3 Å². The van der Waals surface area contributed by atoms with Gasteiger partial charge in [0.25, 0.3) is 11.8 Å². The number of carbonyl (C=O) groups is 2. The zero-order valence-corrected chi connectivity index (χ0v) is 17.9. The maximum absolute atomic E-state index is 13.0. The summed E-state index contributed by atoms with van der Waals surface area (Å²) in [5.74, 6) is -0.619. The number of ether oxygens (including phenoxy) is 2. The molecule has 2 amide bonds. The molecule has 1 N–H and O–H groups in total. The number of amides is 2. The Bertz CT molecular complexity index is 1000. The first-order valence-electron chi connectivity index (χ1n) is 9.99. The van der Waals surface area contributed by atoms with Crippen LogP contribution < -0.4 is 19.9 Å². The fourth-order valence-electron chi connectivity index (χ4n) is 3.14. The topological polar surface area (TPSA) is 83.5 Å². The molecule has 170 valence electrons. The lowest BCUT2D eigenvalue weighted by Crippen LogP contribution is -2.58. The highest BCUT2D eigenvalue weighted by molar-refractivity contribution is 6.39. The molecule has 1 aliphatic heterocycles. The lowest BCUT2D eigenvalue weighted by atomic mass is 10.2. The number of para-hydroxylation sites is 1. The van der Waals surface area contributed by atoms with Crippen molar-refractivity contribution in [3.8, 4) is 11.5 Å². The van der Waals surface area contributed by atoms with E-state index in [2.05, 4.69) is 15.2 Å². The summed E-state index contributed by atoms with van der Waals surface area (Å²) in [5.41, 5.74) is 4.02. The average molecular weight is 446 g/mol. The molecule has 0 saturated heterocycles. The number of likely N-dealkylation sites (N-methyl/N-ethyl adjacent to an activating group) is 1. The minimum absolute atomic E-state index is 0.0196. The Morgan fingerprint density at radius 2 is 1.94 bits per heavy atom. The van der Waals surface area contributed by atoms with Gasteiger partial charge < -0.3 is 14.4 Å². The number of hydrogen-bond acceptors (Lipinski definition) is 6. The highest BCUT2D eigenvalue weighted by atomic mass is 19.3. The van der Waals surface area contributed by atoms with Gasteiger partial charge in [-0.25, -0.2) is 10.0 Å². The largest absolute Gasteiger partial charge is 0.490 e. The highest BCUT2D eigenvalue weighted by Gasteiger charge is 2.32. The van der Waals surface area contributed by atoms with Crippen LogP contribution in [0, 0.1) is 0 Å². The SMILES string of the molecule is CCOc1cc(CN(C)C(=O)C2=NC(C)C(=O)N(c3ccccc3)N2)ccc1OC(F)F. The zero-order chi connectivity index (χ0) is 23.3. The Labute approximate surface area is 184 Å². The summed E-state index contributed by atoms with van der Waals surface area (Å²) >= 11 is 0. The number of hydrazine groups is 1. The number of nitrogens with zero attached hydrogens (tertiary/aromatic N) is 3.